The highest BCUT2D eigenvalue weighted by molar-refractivity contribution is 6.10. The topological polar surface area (TPSA) is 58.0 Å². The molecule has 6 aromatic carbocycles. The third-order valence-corrected chi connectivity index (χ3v) is 10.6. The van der Waals surface area contributed by atoms with Gasteiger partial charge >= 0.3 is 0 Å². The number of aryl methyl sites for hydroxylation is 2. The van der Waals surface area contributed by atoms with Gasteiger partial charge in [-0.3, -0.25) is 9.13 Å². The van der Waals surface area contributed by atoms with Crippen molar-refractivity contribution < 1.29 is 9.15 Å². The predicted octanol–water partition coefficient (Wildman–Crippen LogP) is 12.8. The number of fused-ring (bicyclic) bond motifs is 7. The first-order valence-corrected chi connectivity index (χ1v) is 18.4. The summed E-state index contributed by atoms with van der Waals surface area (Å²) in [6.07, 6.45) is 1.91. The number of aromatic nitrogens is 4. The fraction of sp³-hybridized carbons (Fsp3) is 0.125. The zero-order chi connectivity index (χ0) is 36.7. The third-order valence-electron chi connectivity index (χ3n) is 10.6. The molecule has 0 spiro atoms. The monoisotopic (exact) mass is 702 g/mol. The molecule has 0 fully saturated rings. The van der Waals surface area contributed by atoms with Crippen LogP contribution in [0.5, 0.6) is 11.5 Å². The Kier molecular flexibility index (Phi) is 7.08. The minimum atomic E-state index is -0.0217. The Balaban J connectivity index is 1.20. The molecular weight excluding hydrogens is 665 g/mol. The van der Waals surface area contributed by atoms with Crippen LogP contribution in [-0.4, -0.2) is 19.1 Å². The number of hydrogen-bond donors (Lipinski definition) is 0. The number of pyridine rings is 1. The van der Waals surface area contributed by atoms with Gasteiger partial charge in [0.25, 0.3) is 0 Å². The van der Waals surface area contributed by atoms with Gasteiger partial charge < -0.3 is 9.15 Å². The van der Waals surface area contributed by atoms with E-state index in [1.54, 1.807) is 0 Å². The minimum Gasteiger partial charge on any atom is -0.453 e. The van der Waals surface area contributed by atoms with Crippen LogP contribution in [0.1, 0.15) is 37.5 Å². The number of imidazole rings is 1. The van der Waals surface area contributed by atoms with E-state index in [0.717, 1.165) is 72.1 Å². The van der Waals surface area contributed by atoms with Gasteiger partial charge in [0.1, 0.15) is 23.0 Å². The molecule has 6 nitrogen and oxygen atoms in total. The van der Waals surface area contributed by atoms with Crippen LogP contribution in [0.4, 0.5) is 0 Å². The SMILES string of the molecule is Cc1cccc(C)c1-n1c(-c2cc(Oc3ccc4c5ccccc5n(-c5cc(C(C)(C)C)ccn5)c4c3)c3oc4ccccc4c3c2)nc2ccccc21. The summed E-state index contributed by atoms with van der Waals surface area (Å²) in [7, 11) is 0. The fourth-order valence-electron chi connectivity index (χ4n) is 8.00. The van der Waals surface area contributed by atoms with Gasteiger partial charge in [-0.25, -0.2) is 9.97 Å². The fourth-order valence-corrected chi connectivity index (χ4v) is 8.00. The van der Waals surface area contributed by atoms with Crippen molar-refractivity contribution in [3.05, 3.63) is 156 Å². The van der Waals surface area contributed by atoms with Crippen molar-refractivity contribution in [3.63, 3.8) is 0 Å². The molecule has 4 aromatic heterocycles. The average molecular weight is 703 g/mol. The quantitative estimate of drug-likeness (QED) is 0.179. The van der Waals surface area contributed by atoms with Crippen molar-refractivity contribution in [1.82, 2.24) is 19.1 Å². The Morgan fingerprint density at radius 2 is 1.33 bits per heavy atom. The van der Waals surface area contributed by atoms with Gasteiger partial charge in [0.2, 0.25) is 0 Å². The van der Waals surface area contributed by atoms with E-state index in [4.69, 9.17) is 19.1 Å². The molecule has 0 saturated carbocycles. The first-order valence-electron chi connectivity index (χ1n) is 18.4. The Bertz CT molecular complexity index is 3080. The molecule has 0 bridgehead atoms. The van der Waals surface area contributed by atoms with Crippen LogP contribution in [0, 0.1) is 13.8 Å². The van der Waals surface area contributed by atoms with Crippen LogP contribution in [0.3, 0.4) is 0 Å². The second kappa shape index (κ2) is 11.9. The number of nitrogens with zero attached hydrogens (tertiary/aromatic N) is 4. The van der Waals surface area contributed by atoms with E-state index in [1.165, 1.54) is 16.7 Å². The molecule has 10 rings (SSSR count). The van der Waals surface area contributed by atoms with Gasteiger partial charge in [-0.15, -0.1) is 0 Å². The minimum absolute atomic E-state index is 0.0217. The molecule has 10 aromatic rings. The van der Waals surface area contributed by atoms with E-state index in [9.17, 15) is 0 Å². The zero-order valence-corrected chi connectivity index (χ0v) is 30.9. The summed E-state index contributed by atoms with van der Waals surface area (Å²) in [5.74, 6) is 3.03. The maximum Gasteiger partial charge on any atom is 0.177 e. The molecule has 262 valence electrons. The molecule has 0 unspecified atom stereocenters. The second-order valence-corrected chi connectivity index (χ2v) is 15.2. The molecule has 0 aliphatic carbocycles. The van der Waals surface area contributed by atoms with Gasteiger partial charge in [0.15, 0.2) is 11.3 Å². The molecule has 0 amide bonds. The summed E-state index contributed by atoms with van der Waals surface area (Å²) in [5, 5.41) is 4.28. The molecule has 0 aliphatic rings. The Hall–Kier alpha value is -6.66. The van der Waals surface area contributed by atoms with Crippen molar-refractivity contribution in [2.75, 3.05) is 0 Å². The summed E-state index contributed by atoms with van der Waals surface area (Å²) in [5.41, 5.74) is 11.2. The first-order chi connectivity index (χ1) is 26.2. The van der Waals surface area contributed by atoms with Gasteiger partial charge in [-0.05, 0) is 96.6 Å². The van der Waals surface area contributed by atoms with Gasteiger partial charge in [0, 0.05) is 39.4 Å². The lowest BCUT2D eigenvalue weighted by Crippen LogP contribution is -2.12. The molecule has 0 aliphatic heterocycles. The molecule has 0 atom stereocenters. The summed E-state index contributed by atoms with van der Waals surface area (Å²) in [6.45, 7) is 11.0. The number of rotatable bonds is 5. The molecule has 4 heterocycles. The molecule has 0 saturated heterocycles. The smallest absolute Gasteiger partial charge is 0.177 e. The van der Waals surface area contributed by atoms with Crippen molar-refractivity contribution in [1.29, 1.82) is 0 Å². The van der Waals surface area contributed by atoms with Gasteiger partial charge in [-0.2, -0.15) is 0 Å². The van der Waals surface area contributed by atoms with Crippen molar-refractivity contribution in [2.45, 2.75) is 40.0 Å². The van der Waals surface area contributed by atoms with Crippen molar-refractivity contribution in [2.24, 2.45) is 0 Å². The van der Waals surface area contributed by atoms with Gasteiger partial charge in [0.05, 0.1) is 27.8 Å². The normalized spacial score (nSPS) is 12.2. The summed E-state index contributed by atoms with van der Waals surface area (Å²) < 4.78 is 18.1. The largest absolute Gasteiger partial charge is 0.453 e. The van der Waals surface area contributed by atoms with Crippen LogP contribution >= 0.6 is 0 Å². The van der Waals surface area contributed by atoms with Crippen LogP contribution in [-0.2, 0) is 5.41 Å². The highest BCUT2D eigenvalue weighted by atomic mass is 16.5. The molecular formula is C48H38N4O2. The number of furan rings is 1. The number of benzene rings is 6. The Morgan fingerprint density at radius 3 is 2.15 bits per heavy atom. The first kappa shape index (κ1) is 32.0. The van der Waals surface area contributed by atoms with Crippen molar-refractivity contribution >= 4 is 54.8 Å². The number of hydrogen-bond acceptors (Lipinski definition) is 4. The van der Waals surface area contributed by atoms with Crippen molar-refractivity contribution in [3.8, 4) is 34.4 Å². The summed E-state index contributed by atoms with van der Waals surface area (Å²) in [6, 6.07) is 46.3. The molecule has 0 N–H and O–H groups in total. The number of para-hydroxylation sites is 5. The third kappa shape index (κ3) is 5.01. The van der Waals surface area contributed by atoms with E-state index in [1.807, 2.05) is 36.5 Å². The van der Waals surface area contributed by atoms with Crippen LogP contribution in [0.15, 0.2) is 144 Å². The lowest BCUT2D eigenvalue weighted by Gasteiger charge is -2.20. The lowest BCUT2D eigenvalue weighted by atomic mass is 9.88. The molecule has 0 radical (unpaired) electrons. The Morgan fingerprint density at radius 1 is 0.611 bits per heavy atom. The number of ether oxygens (including phenoxy) is 1. The van der Waals surface area contributed by atoms with E-state index in [2.05, 4.69) is 147 Å². The molecule has 54 heavy (non-hydrogen) atoms. The highest BCUT2D eigenvalue weighted by Gasteiger charge is 2.23. The van der Waals surface area contributed by atoms with Crippen LogP contribution < -0.4 is 4.74 Å². The van der Waals surface area contributed by atoms with Crippen LogP contribution in [0.25, 0.3) is 77.7 Å². The lowest BCUT2D eigenvalue weighted by molar-refractivity contribution is 0.477. The van der Waals surface area contributed by atoms with E-state index in [0.29, 0.717) is 17.1 Å². The summed E-state index contributed by atoms with van der Waals surface area (Å²) in [4.78, 5) is 10.1. The van der Waals surface area contributed by atoms with E-state index >= 15 is 0 Å². The van der Waals surface area contributed by atoms with E-state index in [-0.39, 0.29) is 5.41 Å². The standard InChI is InChI=1S/C48H38N4O2/c1-29-13-12-14-30(2)45(29)52-40-19-10-8-17-38(40)50-47(52)31-25-37-36-16-7-11-20-42(36)54-46(37)43(26-31)53-33-21-22-35-34-15-6-9-18-39(34)51(41(35)28-33)44-27-32(23-24-49-44)48(3,4)5/h6-28H,1-5H3. The zero-order valence-electron chi connectivity index (χ0n) is 30.9. The maximum atomic E-state index is 6.96. The van der Waals surface area contributed by atoms with Gasteiger partial charge in [-0.1, -0.05) is 87.5 Å². The van der Waals surface area contributed by atoms with Crippen LogP contribution in [0.2, 0.25) is 0 Å². The average Bonchev–Trinajstić information content (AvgIpc) is 3.84. The maximum absolute atomic E-state index is 6.96. The molecule has 6 heteroatoms. The summed E-state index contributed by atoms with van der Waals surface area (Å²) >= 11 is 0. The predicted molar refractivity (Wildman–Crippen MR) is 221 cm³/mol. The highest BCUT2D eigenvalue weighted by Crippen LogP contribution is 2.43. The van der Waals surface area contributed by atoms with E-state index < -0.39 is 0 Å². The Labute approximate surface area is 312 Å². The second-order valence-electron chi connectivity index (χ2n) is 15.2.